The van der Waals surface area contributed by atoms with Crippen LogP contribution in [0.5, 0.6) is 5.75 Å². The summed E-state index contributed by atoms with van der Waals surface area (Å²) in [6.07, 6.45) is 0.571. The Morgan fingerprint density at radius 2 is 2.09 bits per heavy atom. The lowest BCUT2D eigenvalue weighted by Gasteiger charge is -2.38. The summed E-state index contributed by atoms with van der Waals surface area (Å²) >= 11 is 6.02. The predicted molar refractivity (Wildman–Crippen MR) is 83.1 cm³/mol. The molecule has 3 atom stereocenters. The molecule has 1 aromatic carbocycles. The van der Waals surface area contributed by atoms with Gasteiger partial charge in [-0.05, 0) is 38.8 Å². The van der Waals surface area contributed by atoms with Gasteiger partial charge in [0.25, 0.3) is 5.91 Å². The molecule has 1 amide bonds. The number of hydrogen-bond donors (Lipinski definition) is 1. The molecular formula is C16H20ClNO4. The van der Waals surface area contributed by atoms with Crippen molar-refractivity contribution in [1.82, 2.24) is 4.90 Å². The number of carbonyl (C=O) groups is 2. The molecule has 1 aliphatic rings. The number of hydrogen-bond acceptors (Lipinski definition) is 3. The molecular weight excluding hydrogens is 306 g/mol. The number of para-hydroxylation sites is 1. The van der Waals surface area contributed by atoms with Crippen LogP contribution in [-0.2, 0) is 9.59 Å². The minimum Gasteiger partial charge on any atom is -0.481 e. The topological polar surface area (TPSA) is 66.8 Å². The summed E-state index contributed by atoms with van der Waals surface area (Å²) < 4.78 is 5.63. The number of aliphatic carboxylic acids is 1. The summed E-state index contributed by atoms with van der Waals surface area (Å²) in [6, 6.07) is 6.62. The van der Waals surface area contributed by atoms with Crippen LogP contribution in [0.2, 0.25) is 5.02 Å². The lowest BCUT2D eigenvalue weighted by atomic mass is 9.90. The van der Waals surface area contributed by atoms with Crippen molar-refractivity contribution in [2.24, 2.45) is 5.92 Å². The zero-order chi connectivity index (χ0) is 16.3. The molecule has 2 rings (SSSR count). The predicted octanol–water partition coefficient (Wildman–Crippen LogP) is 2.82. The zero-order valence-electron chi connectivity index (χ0n) is 12.7. The van der Waals surface area contributed by atoms with Crippen molar-refractivity contribution in [2.45, 2.75) is 38.8 Å². The van der Waals surface area contributed by atoms with Crippen molar-refractivity contribution in [3.05, 3.63) is 29.3 Å². The van der Waals surface area contributed by atoms with Crippen molar-refractivity contribution in [3.63, 3.8) is 0 Å². The van der Waals surface area contributed by atoms with E-state index in [1.54, 1.807) is 43.0 Å². The van der Waals surface area contributed by atoms with E-state index in [2.05, 4.69) is 0 Å². The van der Waals surface area contributed by atoms with Crippen molar-refractivity contribution in [2.75, 3.05) is 6.54 Å². The van der Waals surface area contributed by atoms with Crippen LogP contribution < -0.4 is 4.74 Å². The number of piperidine rings is 1. The second-order valence-electron chi connectivity index (χ2n) is 5.55. The van der Waals surface area contributed by atoms with E-state index in [4.69, 9.17) is 16.3 Å². The highest BCUT2D eigenvalue weighted by Gasteiger charge is 2.37. The molecule has 1 fully saturated rings. The normalized spacial score (nSPS) is 23.0. The largest absolute Gasteiger partial charge is 0.481 e. The molecule has 5 nitrogen and oxygen atoms in total. The van der Waals surface area contributed by atoms with E-state index in [1.807, 2.05) is 0 Å². The third-order valence-electron chi connectivity index (χ3n) is 4.08. The van der Waals surface area contributed by atoms with Gasteiger partial charge in [0.1, 0.15) is 5.75 Å². The Bertz CT molecular complexity index is 563. The summed E-state index contributed by atoms with van der Waals surface area (Å²) in [7, 11) is 0. The standard InChI is InChI=1S/C16H20ClNO4/c1-10-12(16(20)21)6-5-9-18(10)15(19)11(2)22-14-8-4-3-7-13(14)17/h3-4,7-8,10-12H,5-6,9H2,1-2H3,(H,20,21)/t10-,11?,12-/m0/s1. The lowest BCUT2D eigenvalue weighted by Crippen LogP contribution is -2.52. The third-order valence-corrected chi connectivity index (χ3v) is 4.39. The number of nitrogens with zero attached hydrogens (tertiary/aromatic N) is 1. The third kappa shape index (κ3) is 3.53. The molecule has 0 aromatic heterocycles. The Labute approximate surface area is 134 Å². The van der Waals surface area contributed by atoms with E-state index >= 15 is 0 Å². The van der Waals surface area contributed by atoms with Crippen LogP contribution >= 0.6 is 11.6 Å². The molecule has 0 aliphatic carbocycles. The summed E-state index contributed by atoms with van der Waals surface area (Å²) in [5, 5.41) is 9.67. The van der Waals surface area contributed by atoms with Gasteiger partial charge >= 0.3 is 5.97 Å². The van der Waals surface area contributed by atoms with Gasteiger partial charge in [-0.1, -0.05) is 23.7 Å². The molecule has 120 valence electrons. The van der Waals surface area contributed by atoms with E-state index in [1.165, 1.54) is 0 Å². The molecule has 1 heterocycles. The molecule has 1 aliphatic heterocycles. The van der Waals surface area contributed by atoms with Gasteiger partial charge in [0.2, 0.25) is 0 Å². The first-order valence-corrected chi connectivity index (χ1v) is 7.74. The highest BCUT2D eigenvalue weighted by Crippen LogP contribution is 2.27. The van der Waals surface area contributed by atoms with Crippen LogP contribution in [-0.4, -0.2) is 40.6 Å². The SMILES string of the molecule is CC(Oc1ccccc1Cl)C(=O)N1CCC[C@H](C(=O)O)[C@@H]1C. The van der Waals surface area contributed by atoms with E-state index in [9.17, 15) is 14.7 Å². The Morgan fingerprint density at radius 1 is 1.41 bits per heavy atom. The number of amides is 1. The highest BCUT2D eigenvalue weighted by molar-refractivity contribution is 6.32. The minimum absolute atomic E-state index is 0.210. The fourth-order valence-corrected chi connectivity index (χ4v) is 2.98. The van der Waals surface area contributed by atoms with Crippen LogP contribution in [0.4, 0.5) is 0 Å². The number of ether oxygens (including phenoxy) is 1. The molecule has 1 N–H and O–H groups in total. The number of carboxylic acid groups (broad SMARTS) is 1. The number of carbonyl (C=O) groups excluding carboxylic acids is 1. The fourth-order valence-electron chi connectivity index (χ4n) is 2.80. The molecule has 6 heteroatoms. The first-order valence-electron chi connectivity index (χ1n) is 7.36. The maximum Gasteiger partial charge on any atom is 0.308 e. The summed E-state index contributed by atoms with van der Waals surface area (Å²) in [5.74, 6) is -1.14. The number of carboxylic acids is 1. The molecule has 0 bridgehead atoms. The van der Waals surface area contributed by atoms with Crippen molar-refractivity contribution in [3.8, 4) is 5.75 Å². The summed E-state index contributed by atoms with van der Waals surface area (Å²) in [4.78, 5) is 25.4. The number of likely N-dealkylation sites (tertiary alicyclic amines) is 1. The Morgan fingerprint density at radius 3 is 2.73 bits per heavy atom. The maximum absolute atomic E-state index is 12.6. The van der Waals surface area contributed by atoms with Gasteiger partial charge in [-0.15, -0.1) is 0 Å². The van der Waals surface area contributed by atoms with Gasteiger partial charge < -0.3 is 14.7 Å². The van der Waals surface area contributed by atoms with Crippen molar-refractivity contribution >= 4 is 23.5 Å². The van der Waals surface area contributed by atoms with Gasteiger partial charge in [0.05, 0.1) is 10.9 Å². The van der Waals surface area contributed by atoms with Crippen LogP contribution in [0.1, 0.15) is 26.7 Å². The number of benzene rings is 1. The Balaban J connectivity index is 2.07. The van der Waals surface area contributed by atoms with Gasteiger partial charge in [-0.25, -0.2) is 0 Å². The lowest BCUT2D eigenvalue weighted by molar-refractivity contribution is -0.151. The first kappa shape index (κ1) is 16.6. The highest BCUT2D eigenvalue weighted by atomic mass is 35.5. The minimum atomic E-state index is -0.857. The van der Waals surface area contributed by atoms with Crippen LogP contribution in [0.15, 0.2) is 24.3 Å². The molecule has 1 unspecified atom stereocenters. The second kappa shape index (κ2) is 7.01. The van der Waals surface area contributed by atoms with Crippen LogP contribution in [0, 0.1) is 5.92 Å². The summed E-state index contributed by atoms with van der Waals surface area (Å²) in [6.45, 7) is 3.99. The molecule has 0 saturated carbocycles. The van der Waals surface area contributed by atoms with E-state index in [0.29, 0.717) is 30.2 Å². The van der Waals surface area contributed by atoms with Gasteiger partial charge in [0.15, 0.2) is 6.10 Å². The second-order valence-corrected chi connectivity index (χ2v) is 5.96. The van der Waals surface area contributed by atoms with E-state index in [0.717, 1.165) is 0 Å². The molecule has 22 heavy (non-hydrogen) atoms. The van der Waals surface area contributed by atoms with Crippen molar-refractivity contribution in [1.29, 1.82) is 0 Å². The number of halogens is 1. The molecule has 0 radical (unpaired) electrons. The Hall–Kier alpha value is -1.75. The maximum atomic E-state index is 12.6. The van der Waals surface area contributed by atoms with Crippen LogP contribution in [0.3, 0.4) is 0 Å². The molecule has 0 spiro atoms. The van der Waals surface area contributed by atoms with Crippen molar-refractivity contribution < 1.29 is 19.4 Å². The van der Waals surface area contributed by atoms with Gasteiger partial charge in [-0.2, -0.15) is 0 Å². The number of rotatable bonds is 4. The zero-order valence-corrected chi connectivity index (χ0v) is 13.4. The molecule has 1 saturated heterocycles. The average Bonchev–Trinajstić information content (AvgIpc) is 2.48. The van der Waals surface area contributed by atoms with Gasteiger partial charge in [-0.3, -0.25) is 9.59 Å². The summed E-state index contributed by atoms with van der Waals surface area (Å²) in [5.41, 5.74) is 0. The van der Waals surface area contributed by atoms with E-state index in [-0.39, 0.29) is 11.9 Å². The van der Waals surface area contributed by atoms with E-state index < -0.39 is 18.0 Å². The Kier molecular flexibility index (Phi) is 5.29. The monoisotopic (exact) mass is 325 g/mol. The smallest absolute Gasteiger partial charge is 0.308 e. The first-order chi connectivity index (χ1) is 10.4. The van der Waals surface area contributed by atoms with Crippen LogP contribution in [0.25, 0.3) is 0 Å². The fraction of sp³-hybridized carbons (Fsp3) is 0.500. The average molecular weight is 326 g/mol. The quantitative estimate of drug-likeness (QED) is 0.924. The molecule has 1 aromatic rings. The van der Waals surface area contributed by atoms with Gasteiger partial charge in [0, 0.05) is 12.6 Å².